The summed E-state index contributed by atoms with van der Waals surface area (Å²) in [7, 11) is -1.77. The largest absolute Gasteiger partial charge is 0.384 e. The molecule has 0 aromatic carbocycles. The van der Waals surface area contributed by atoms with Crippen LogP contribution in [0.25, 0.3) is 0 Å². The Hall–Kier alpha value is -1.74. The molecule has 8 nitrogen and oxygen atoms in total. The molecule has 0 radical (unpaired) electrons. The highest BCUT2D eigenvalue weighted by atomic mass is 32.2. The van der Waals surface area contributed by atoms with Gasteiger partial charge in [-0.1, -0.05) is 6.92 Å². The average molecular weight is 409 g/mol. The Bertz CT molecular complexity index is 859. The molecule has 2 saturated heterocycles. The number of hydrogen-bond donors (Lipinski definition) is 0. The SMILES string of the molecule is COCCC(=O)N1C[C@@H]2c3nc(N4CCC[C@@H](C)C4)ncc3CS(=O)(=O)[C@@H]2C1. The molecule has 0 bridgehead atoms. The molecule has 1 aromatic heterocycles. The first-order valence-corrected chi connectivity index (χ1v) is 11.7. The van der Waals surface area contributed by atoms with Crippen LogP contribution in [0.2, 0.25) is 0 Å². The van der Waals surface area contributed by atoms with E-state index in [-0.39, 0.29) is 30.5 Å². The quantitative estimate of drug-likeness (QED) is 0.733. The number of likely N-dealkylation sites (tertiary alicyclic amines) is 1. The lowest BCUT2D eigenvalue weighted by Crippen LogP contribution is -2.38. The van der Waals surface area contributed by atoms with Gasteiger partial charge in [0, 0.05) is 51.0 Å². The zero-order chi connectivity index (χ0) is 19.9. The van der Waals surface area contributed by atoms with Gasteiger partial charge < -0.3 is 14.5 Å². The van der Waals surface area contributed by atoms with E-state index in [0.29, 0.717) is 30.6 Å². The minimum Gasteiger partial charge on any atom is -0.384 e. The molecular weight excluding hydrogens is 380 g/mol. The van der Waals surface area contributed by atoms with Crippen LogP contribution in [0.5, 0.6) is 0 Å². The van der Waals surface area contributed by atoms with Crippen molar-refractivity contribution >= 4 is 21.7 Å². The van der Waals surface area contributed by atoms with E-state index in [1.165, 1.54) is 6.42 Å². The van der Waals surface area contributed by atoms with Crippen molar-refractivity contribution in [2.75, 3.05) is 44.8 Å². The molecular formula is C19H28N4O4S. The van der Waals surface area contributed by atoms with Crippen LogP contribution < -0.4 is 4.90 Å². The number of amides is 1. The van der Waals surface area contributed by atoms with Gasteiger partial charge in [0.1, 0.15) is 0 Å². The van der Waals surface area contributed by atoms with Crippen LogP contribution in [-0.2, 0) is 25.1 Å². The Morgan fingerprint density at radius 2 is 2.14 bits per heavy atom. The second kappa shape index (κ2) is 7.59. The van der Waals surface area contributed by atoms with Gasteiger partial charge in [-0.05, 0) is 18.8 Å². The second-order valence-corrected chi connectivity index (χ2v) is 10.5. The maximum absolute atomic E-state index is 12.8. The standard InChI is InChI=1S/C19H28N4O4S/c1-13-4-3-6-22(9-13)19-20-8-14-12-28(25,26)16-11-23(17(24)5-7-27-2)10-15(16)18(14)21-19/h8,13,15-16H,3-7,9-12H2,1-2H3/t13-,15+,16-/m1/s1. The summed E-state index contributed by atoms with van der Waals surface area (Å²) in [4.78, 5) is 25.6. The lowest BCUT2D eigenvalue weighted by Gasteiger charge is -2.32. The third-order valence-electron chi connectivity index (χ3n) is 6.13. The molecule has 154 valence electrons. The van der Waals surface area contributed by atoms with Crippen LogP contribution in [0.3, 0.4) is 0 Å². The van der Waals surface area contributed by atoms with Crippen molar-refractivity contribution in [3.8, 4) is 0 Å². The van der Waals surface area contributed by atoms with Gasteiger partial charge in [-0.15, -0.1) is 0 Å². The lowest BCUT2D eigenvalue weighted by molar-refractivity contribution is -0.131. The first-order valence-electron chi connectivity index (χ1n) is 9.98. The van der Waals surface area contributed by atoms with Gasteiger partial charge in [0.05, 0.1) is 29.7 Å². The highest BCUT2D eigenvalue weighted by molar-refractivity contribution is 7.91. The molecule has 1 amide bonds. The zero-order valence-corrected chi connectivity index (χ0v) is 17.3. The maximum atomic E-state index is 12.8. The van der Waals surface area contributed by atoms with Crippen molar-refractivity contribution in [2.24, 2.45) is 5.92 Å². The highest BCUT2D eigenvalue weighted by Crippen LogP contribution is 2.40. The fourth-order valence-electron chi connectivity index (χ4n) is 4.64. The Labute approximate surface area is 166 Å². The lowest BCUT2D eigenvalue weighted by atomic mass is 9.99. The smallest absolute Gasteiger partial charge is 0.225 e. The summed E-state index contributed by atoms with van der Waals surface area (Å²) < 4.78 is 30.6. The molecule has 28 heavy (non-hydrogen) atoms. The van der Waals surface area contributed by atoms with Crippen molar-refractivity contribution < 1.29 is 17.9 Å². The number of fused-ring (bicyclic) bond motifs is 3. The highest BCUT2D eigenvalue weighted by Gasteiger charge is 2.48. The molecule has 2 fully saturated rings. The second-order valence-electron chi connectivity index (χ2n) is 8.27. The number of carbonyl (C=O) groups excluding carboxylic acids is 1. The van der Waals surface area contributed by atoms with Crippen molar-refractivity contribution in [1.29, 1.82) is 0 Å². The van der Waals surface area contributed by atoms with Gasteiger partial charge in [0.15, 0.2) is 9.84 Å². The summed E-state index contributed by atoms with van der Waals surface area (Å²) >= 11 is 0. The van der Waals surface area contributed by atoms with Crippen molar-refractivity contribution in [3.63, 3.8) is 0 Å². The minimum absolute atomic E-state index is 0.0414. The number of hydrogen-bond acceptors (Lipinski definition) is 7. The summed E-state index contributed by atoms with van der Waals surface area (Å²) in [5.41, 5.74) is 1.49. The van der Waals surface area contributed by atoms with Crippen molar-refractivity contribution in [3.05, 3.63) is 17.5 Å². The maximum Gasteiger partial charge on any atom is 0.225 e. The number of rotatable bonds is 4. The molecule has 9 heteroatoms. The zero-order valence-electron chi connectivity index (χ0n) is 16.5. The van der Waals surface area contributed by atoms with Crippen LogP contribution in [0.4, 0.5) is 5.95 Å². The van der Waals surface area contributed by atoms with Crippen LogP contribution in [-0.4, -0.2) is 74.3 Å². The average Bonchev–Trinajstić information content (AvgIpc) is 3.13. The monoisotopic (exact) mass is 408 g/mol. The van der Waals surface area contributed by atoms with Gasteiger partial charge in [-0.2, -0.15) is 0 Å². The predicted molar refractivity (Wildman–Crippen MR) is 105 cm³/mol. The molecule has 1 aromatic rings. The summed E-state index contributed by atoms with van der Waals surface area (Å²) in [6.45, 7) is 5.06. The normalized spacial score (nSPS) is 28.7. The van der Waals surface area contributed by atoms with E-state index < -0.39 is 15.1 Å². The Balaban J connectivity index is 1.62. The molecule has 0 spiro atoms. The molecule has 0 N–H and O–H groups in total. The van der Waals surface area contributed by atoms with Crippen molar-refractivity contribution in [1.82, 2.24) is 14.9 Å². The number of sulfone groups is 1. The van der Waals surface area contributed by atoms with E-state index in [4.69, 9.17) is 9.72 Å². The Morgan fingerprint density at radius 3 is 2.89 bits per heavy atom. The van der Waals surface area contributed by atoms with E-state index in [9.17, 15) is 13.2 Å². The van der Waals surface area contributed by atoms with Gasteiger partial charge in [-0.25, -0.2) is 18.4 Å². The first-order chi connectivity index (χ1) is 13.4. The summed E-state index contributed by atoms with van der Waals surface area (Å²) in [5.74, 6) is 0.908. The van der Waals surface area contributed by atoms with E-state index >= 15 is 0 Å². The summed E-state index contributed by atoms with van der Waals surface area (Å²) in [5, 5.41) is -0.575. The molecule has 0 aliphatic carbocycles. The first kappa shape index (κ1) is 19.6. The van der Waals surface area contributed by atoms with Crippen LogP contribution in [0.15, 0.2) is 6.20 Å². The van der Waals surface area contributed by atoms with Gasteiger partial charge in [-0.3, -0.25) is 4.79 Å². The van der Waals surface area contributed by atoms with Crippen LogP contribution >= 0.6 is 0 Å². The van der Waals surface area contributed by atoms with E-state index in [2.05, 4.69) is 16.8 Å². The minimum atomic E-state index is -3.33. The number of nitrogens with zero attached hydrogens (tertiary/aromatic N) is 4. The van der Waals surface area contributed by atoms with E-state index in [1.807, 2.05) is 0 Å². The molecule has 3 atom stereocenters. The fraction of sp³-hybridized carbons (Fsp3) is 0.737. The molecule has 0 unspecified atom stereocenters. The third-order valence-corrected chi connectivity index (χ3v) is 8.25. The number of ether oxygens (including phenoxy) is 1. The number of aromatic nitrogens is 2. The molecule has 4 rings (SSSR count). The number of piperidine rings is 1. The van der Waals surface area contributed by atoms with Crippen LogP contribution in [0, 0.1) is 5.92 Å². The van der Waals surface area contributed by atoms with E-state index in [0.717, 1.165) is 25.2 Å². The van der Waals surface area contributed by atoms with Gasteiger partial charge >= 0.3 is 0 Å². The van der Waals surface area contributed by atoms with Crippen molar-refractivity contribution in [2.45, 2.75) is 43.1 Å². The molecule has 3 aliphatic heterocycles. The van der Waals surface area contributed by atoms with Gasteiger partial charge in [0.2, 0.25) is 11.9 Å². The molecule has 4 heterocycles. The molecule has 0 saturated carbocycles. The number of carbonyl (C=O) groups is 1. The van der Waals surface area contributed by atoms with Crippen LogP contribution in [0.1, 0.15) is 43.4 Å². The topological polar surface area (TPSA) is 92.7 Å². The Kier molecular flexibility index (Phi) is 5.30. The third kappa shape index (κ3) is 3.61. The van der Waals surface area contributed by atoms with Gasteiger partial charge in [0.25, 0.3) is 0 Å². The molecule has 3 aliphatic rings. The number of anilines is 1. The fourth-order valence-corrected chi connectivity index (χ4v) is 6.63. The summed E-state index contributed by atoms with van der Waals surface area (Å²) in [6.07, 6.45) is 4.27. The predicted octanol–water partition coefficient (Wildman–Crippen LogP) is 0.972. The van der Waals surface area contributed by atoms with E-state index in [1.54, 1.807) is 18.2 Å². The Morgan fingerprint density at radius 1 is 1.32 bits per heavy atom. The number of methoxy groups -OCH3 is 1. The summed E-state index contributed by atoms with van der Waals surface area (Å²) in [6, 6.07) is 0.